The summed E-state index contributed by atoms with van der Waals surface area (Å²) in [7, 11) is 1.58. The van der Waals surface area contributed by atoms with Crippen LogP contribution in [-0.4, -0.2) is 38.1 Å². The number of anilines is 2. The van der Waals surface area contributed by atoms with Gasteiger partial charge in [0.05, 0.1) is 13.7 Å². The quantitative estimate of drug-likeness (QED) is 0.231. The van der Waals surface area contributed by atoms with E-state index in [9.17, 15) is 14.4 Å². The first-order valence-corrected chi connectivity index (χ1v) is 13.1. The van der Waals surface area contributed by atoms with Crippen molar-refractivity contribution in [2.24, 2.45) is 0 Å². The summed E-state index contributed by atoms with van der Waals surface area (Å²) in [6.45, 7) is 3.65. The van der Waals surface area contributed by atoms with Crippen molar-refractivity contribution in [3.63, 3.8) is 0 Å². The molecule has 3 aromatic carbocycles. The number of esters is 1. The summed E-state index contributed by atoms with van der Waals surface area (Å²) in [5, 5.41) is 7.79. The number of hydrogen-bond acceptors (Lipinski definition) is 7. The number of hydrogen-bond donors (Lipinski definition) is 2. The van der Waals surface area contributed by atoms with Crippen molar-refractivity contribution < 1.29 is 28.6 Å². The predicted molar refractivity (Wildman–Crippen MR) is 152 cm³/mol. The topological polar surface area (TPSA) is 103 Å². The molecule has 0 saturated heterocycles. The molecule has 4 rings (SSSR count). The zero-order chi connectivity index (χ0) is 27.8. The lowest BCUT2D eigenvalue weighted by Crippen LogP contribution is -2.21. The minimum atomic E-state index is -0.506. The third-order valence-electron chi connectivity index (χ3n) is 5.72. The van der Waals surface area contributed by atoms with Gasteiger partial charge in [0.15, 0.2) is 6.61 Å². The number of benzene rings is 3. The molecule has 1 aromatic heterocycles. The van der Waals surface area contributed by atoms with Crippen LogP contribution in [0.2, 0.25) is 0 Å². The van der Waals surface area contributed by atoms with Crippen molar-refractivity contribution >= 4 is 39.8 Å². The van der Waals surface area contributed by atoms with Gasteiger partial charge in [-0.1, -0.05) is 29.8 Å². The number of rotatable bonds is 10. The van der Waals surface area contributed by atoms with Crippen LogP contribution in [0.4, 0.5) is 10.7 Å². The van der Waals surface area contributed by atoms with Gasteiger partial charge >= 0.3 is 5.97 Å². The molecule has 4 aromatic rings. The number of thiophene rings is 1. The Hall–Kier alpha value is -4.63. The Morgan fingerprint density at radius 1 is 0.846 bits per heavy atom. The number of amides is 2. The Bertz CT molecular complexity index is 1440. The highest BCUT2D eigenvalue weighted by molar-refractivity contribution is 7.15. The molecule has 0 unspecified atom stereocenters. The lowest BCUT2D eigenvalue weighted by Gasteiger charge is -2.10. The normalized spacial score (nSPS) is 10.4. The SMILES string of the molecule is CCOC(=O)c1c(-c2ccc(C)cc2)csc1NC(=O)COc1ccc(C(=O)Nc2ccc(OC)cc2)cc1. The maximum Gasteiger partial charge on any atom is 0.341 e. The molecule has 0 aliphatic carbocycles. The van der Waals surface area contributed by atoms with E-state index >= 15 is 0 Å². The minimum Gasteiger partial charge on any atom is -0.497 e. The second-order valence-corrected chi connectivity index (χ2v) is 9.36. The maximum absolute atomic E-state index is 12.7. The van der Waals surface area contributed by atoms with Crippen molar-refractivity contribution in [2.45, 2.75) is 13.8 Å². The van der Waals surface area contributed by atoms with Crippen LogP contribution in [0.5, 0.6) is 11.5 Å². The number of ether oxygens (including phenoxy) is 3. The summed E-state index contributed by atoms with van der Waals surface area (Å²) in [5.74, 6) is -0.101. The van der Waals surface area contributed by atoms with Gasteiger partial charge in [0.25, 0.3) is 11.8 Å². The van der Waals surface area contributed by atoms with E-state index in [-0.39, 0.29) is 19.1 Å². The molecule has 0 bridgehead atoms. The second-order valence-electron chi connectivity index (χ2n) is 8.48. The molecule has 2 N–H and O–H groups in total. The smallest absolute Gasteiger partial charge is 0.341 e. The Kier molecular flexibility index (Phi) is 8.96. The van der Waals surface area contributed by atoms with Gasteiger partial charge in [-0.2, -0.15) is 0 Å². The van der Waals surface area contributed by atoms with Gasteiger partial charge in [-0.25, -0.2) is 4.79 Å². The molecule has 0 radical (unpaired) electrons. The monoisotopic (exact) mass is 544 g/mol. The molecular weight excluding hydrogens is 516 g/mol. The van der Waals surface area contributed by atoms with Gasteiger partial charge in [-0.15, -0.1) is 11.3 Å². The highest BCUT2D eigenvalue weighted by Crippen LogP contribution is 2.36. The van der Waals surface area contributed by atoms with E-state index in [2.05, 4.69) is 10.6 Å². The molecule has 0 spiro atoms. The van der Waals surface area contributed by atoms with Crippen molar-refractivity contribution in [3.05, 3.63) is 94.9 Å². The molecular formula is C30H28N2O6S. The van der Waals surface area contributed by atoms with Gasteiger partial charge in [-0.05, 0) is 67.9 Å². The van der Waals surface area contributed by atoms with E-state index in [1.807, 2.05) is 36.6 Å². The Morgan fingerprint density at radius 3 is 2.15 bits per heavy atom. The fourth-order valence-electron chi connectivity index (χ4n) is 3.69. The summed E-state index contributed by atoms with van der Waals surface area (Å²) < 4.78 is 16.0. The fourth-order valence-corrected chi connectivity index (χ4v) is 4.67. The predicted octanol–water partition coefficient (Wildman–Crippen LogP) is 6.18. The molecule has 39 heavy (non-hydrogen) atoms. The van der Waals surface area contributed by atoms with E-state index < -0.39 is 11.9 Å². The lowest BCUT2D eigenvalue weighted by molar-refractivity contribution is -0.118. The zero-order valence-corrected chi connectivity index (χ0v) is 22.6. The summed E-state index contributed by atoms with van der Waals surface area (Å²) >= 11 is 1.25. The molecule has 2 amide bonds. The second kappa shape index (κ2) is 12.7. The average Bonchev–Trinajstić information content (AvgIpc) is 3.36. The van der Waals surface area contributed by atoms with E-state index in [0.717, 1.165) is 11.1 Å². The molecule has 0 fully saturated rings. The van der Waals surface area contributed by atoms with Crippen LogP contribution in [0.15, 0.2) is 78.2 Å². The molecule has 0 aliphatic rings. The van der Waals surface area contributed by atoms with Crippen LogP contribution >= 0.6 is 11.3 Å². The van der Waals surface area contributed by atoms with Crippen LogP contribution in [0.25, 0.3) is 11.1 Å². The Labute approximate surface area is 230 Å². The van der Waals surface area contributed by atoms with Crippen LogP contribution in [0, 0.1) is 6.92 Å². The Morgan fingerprint density at radius 2 is 1.51 bits per heavy atom. The lowest BCUT2D eigenvalue weighted by atomic mass is 10.0. The summed E-state index contributed by atoms with van der Waals surface area (Å²) in [6.07, 6.45) is 0. The third kappa shape index (κ3) is 7.03. The number of carbonyl (C=O) groups is 3. The van der Waals surface area contributed by atoms with Crippen LogP contribution in [-0.2, 0) is 9.53 Å². The molecule has 0 saturated carbocycles. The molecule has 9 heteroatoms. The maximum atomic E-state index is 12.7. The standard InChI is InChI=1S/C30H28N2O6S/c1-4-37-30(35)27-25(20-7-5-19(2)6-8-20)18-39-29(27)32-26(33)17-38-24-13-9-21(10-14-24)28(34)31-22-11-15-23(36-3)16-12-22/h5-16,18H,4,17H2,1-3H3,(H,31,34)(H,32,33). The van der Waals surface area contributed by atoms with Gasteiger partial charge in [-0.3, -0.25) is 9.59 Å². The summed E-state index contributed by atoms with van der Waals surface area (Å²) in [6, 6.07) is 21.2. The zero-order valence-electron chi connectivity index (χ0n) is 21.8. The first-order valence-electron chi connectivity index (χ1n) is 12.2. The number of nitrogens with one attached hydrogen (secondary N) is 2. The third-order valence-corrected chi connectivity index (χ3v) is 6.62. The Balaban J connectivity index is 1.37. The van der Waals surface area contributed by atoms with E-state index in [1.165, 1.54) is 11.3 Å². The van der Waals surface area contributed by atoms with Crippen molar-refractivity contribution in [3.8, 4) is 22.6 Å². The molecule has 1 heterocycles. The molecule has 200 valence electrons. The van der Waals surface area contributed by atoms with Gasteiger partial charge in [0, 0.05) is 22.2 Å². The van der Waals surface area contributed by atoms with Crippen LogP contribution in [0.1, 0.15) is 33.2 Å². The number of carbonyl (C=O) groups excluding carboxylic acids is 3. The van der Waals surface area contributed by atoms with Gasteiger partial charge in [0.2, 0.25) is 0 Å². The summed E-state index contributed by atoms with van der Waals surface area (Å²) in [5.41, 5.74) is 4.03. The first-order chi connectivity index (χ1) is 18.9. The van der Waals surface area contributed by atoms with Crippen LogP contribution in [0.3, 0.4) is 0 Å². The van der Waals surface area contributed by atoms with Crippen LogP contribution < -0.4 is 20.1 Å². The average molecular weight is 545 g/mol. The van der Waals surface area contributed by atoms with Gasteiger partial charge < -0.3 is 24.8 Å². The molecule has 0 atom stereocenters. The van der Waals surface area contributed by atoms with Crippen molar-refractivity contribution in [2.75, 3.05) is 31.0 Å². The van der Waals surface area contributed by atoms with Crippen molar-refractivity contribution in [1.29, 1.82) is 0 Å². The first kappa shape index (κ1) is 27.4. The highest BCUT2D eigenvalue weighted by Gasteiger charge is 2.23. The number of aryl methyl sites for hydroxylation is 1. The summed E-state index contributed by atoms with van der Waals surface area (Å²) in [4.78, 5) is 37.9. The highest BCUT2D eigenvalue weighted by atomic mass is 32.1. The van der Waals surface area contributed by atoms with E-state index in [4.69, 9.17) is 14.2 Å². The molecule has 8 nitrogen and oxygen atoms in total. The van der Waals surface area contributed by atoms with E-state index in [1.54, 1.807) is 62.6 Å². The van der Waals surface area contributed by atoms with Crippen molar-refractivity contribution in [1.82, 2.24) is 0 Å². The van der Waals surface area contributed by atoms with Gasteiger partial charge in [0.1, 0.15) is 22.1 Å². The van der Waals surface area contributed by atoms with E-state index in [0.29, 0.717) is 38.9 Å². The minimum absolute atomic E-state index is 0.215. The molecule has 0 aliphatic heterocycles. The largest absolute Gasteiger partial charge is 0.497 e. The fraction of sp³-hybridized carbons (Fsp3) is 0.167. The number of methoxy groups -OCH3 is 1.